The standard InChI is InChI=1S/C14H14BFO3/c1-10-6-12(15(17)18)8-13(7-10)19-9-11-4-2-3-5-14(11)16/h2-8,17-18H,9H2,1H3. The zero-order valence-corrected chi connectivity index (χ0v) is 10.5. The molecule has 0 heterocycles. The molecule has 0 unspecified atom stereocenters. The van der Waals surface area contributed by atoms with E-state index in [-0.39, 0.29) is 12.4 Å². The maximum absolute atomic E-state index is 13.4. The molecule has 2 N–H and O–H groups in total. The molecule has 0 atom stereocenters. The predicted molar refractivity (Wildman–Crippen MR) is 71.7 cm³/mol. The number of ether oxygens (including phenoxy) is 1. The largest absolute Gasteiger partial charge is 0.489 e. The second-order valence-corrected chi connectivity index (χ2v) is 4.33. The van der Waals surface area contributed by atoms with Crippen LogP contribution in [0.4, 0.5) is 4.39 Å². The van der Waals surface area contributed by atoms with Gasteiger partial charge in [-0.15, -0.1) is 0 Å². The van der Waals surface area contributed by atoms with Crippen LogP contribution in [0.15, 0.2) is 42.5 Å². The van der Waals surface area contributed by atoms with Crippen molar-refractivity contribution in [3.05, 3.63) is 59.4 Å². The molecule has 5 heteroatoms. The third-order valence-electron chi connectivity index (χ3n) is 2.72. The summed E-state index contributed by atoms with van der Waals surface area (Å²) >= 11 is 0. The first-order valence-electron chi connectivity index (χ1n) is 5.90. The van der Waals surface area contributed by atoms with Crippen molar-refractivity contribution in [3.63, 3.8) is 0 Å². The van der Waals surface area contributed by atoms with Gasteiger partial charge in [0.15, 0.2) is 0 Å². The van der Waals surface area contributed by atoms with Crippen LogP contribution in [0.25, 0.3) is 0 Å². The second-order valence-electron chi connectivity index (χ2n) is 4.33. The van der Waals surface area contributed by atoms with E-state index >= 15 is 0 Å². The SMILES string of the molecule is Cc1cc(OCc2ccccc2F)cc(B(O)O)c1. The number of aryl methyl sites for hydroxylation is 1. The van der Waals surface area contributed by atoms with Crippen LogP contribution >= 0.6 is 0 Å². The highest BCUT2D eigenvalue weighted by Crippen LogP contribution is 2.15. The average Bonchev–Trinajstić information content (AvgIpc) is 2.37. The summed E-state index contributed by atoms with van der Waals surface area (Å²) in [6.07, 6.45) is 0. The molecule has 19 heavy (non-hydrogen) atoms. The molecule has 0 amide bonds. The van der Waals surface area contributed by atoms with Gasteiger partial charge in [-0.2, -0.15) is 0 Å². The Bertz CT molecular complexity index is 572. The van der Waals surface area contributed by atoms with Crippen molar-refractivity contribution >= 4 is 12.6 Å². The smallest absolute Gasteiger partial charge is 0.488 e. The first-order valence-corrected chi connectivity index (χ1v) is 5.90. The Hall–Kier alpha value is -1.85. The fourth-order valence-corrected chi connectivity index (χ4v) is 1.79. The lowest BCUT2D eigenvalue weighted by atomic mass is 9.79. The molecule has 0 saturated heterocycles. The summed E-state index contributed by atoms with van der Waals surface area (Å²) in [5.41, 5.74) is 1.65. The Balaban J connectivity index is 2.14. The van der Waals surface area contributed by atoms with Crippen molar-refractivity contribution in [2.45, 2.75) is 13.5 Å². The van der Waals surface area contributed by atoms with Crippen LogP contribution < -0.4 is 10.2 Å². The van der Waals surface area contributed by atoms with Crippen LogP contribution in [0.1, 0.15) is 11.1 Å². The molecular weight excluding hydrogens is 246 g/mol. The van der Waals surface area contributed by atoms with Gasteiger partial charge in [0.25, 0.3) is 0 Å². The Kier molecular flexibility index (Phi) is 4.19. The summed E-state index contributed by atoms with van der Waals surface area (Å²) < 4.78 is 18.9. The highest BCUT2D eigenvalue weighted by atomic mass is 19.1. The number of hydrogen-bond acceptors (Lipinski definition) is 3. The van der Waals surface area contributed by atoms with Gasteiger partial charge in [-0.05, 0) is 36.1 Å². The van der Waals surface area contributed by atoms with Gasteiger partial charge in [0.2, 0.25) is 0 Å². The molecule has 0 saturated carbocycles. The molecule has 0 bridgehead atoms. The van der Waals surface area contributed by atoms with Gasteiger partial charge in [0.05, 0.1) is 0 Å². The van der Waals surface area contributed by atoms with Crippen LogP contribution in [0.3, 0.4) is 0 Å². The van der Waals surface area contributed by atoms with Crippen LogP contribution in [-0.4, -0.2) is 17.2 Å². The van der Waals surface area contributed by atoms with E-state index in [2.05, 4.69) is 0 Å². The molecule has 2 aromatic carbocycles. The molecule has 0 spiro atoms. The molecule has 0 fully saturated rings. The molecule has 98 valence electrons. The summed E-state index contributed by atoms with van der Waals surface area (Å²) in [5, 5.41) is 18.3. The van der Waals surface area contributed by atoms with Gasteiger partial charge in [-0.1, -0.05) is 24.3 Å². The summed E-state index contributed by atoms with van der Waals surface area (Å²) in [6, 6.07) is 11.3. The van der Waals surface area contributed by atoms with Crippen LogP contribution in [0.2, 0.25) is 0 Å². The van der Waals surface area contributed by atoms with Crippen molar-refractivity contribution in [2.24, 2.45) is 0 Å². The van der Waals surface area contributed by atoms with E-state index in [9.17, 15) is 4.39 Å². The maximum Gasteiger partial charge on any atom is 0.488 e. The molecule has 0 radical (unpaired) electrons. The predicted octanol–water partition coefficient (Wildman–Crippen LogP) is 1.39. The van der Waals surface area contributed by atoms with Crippen molar-refractivity contribution in [1.29, 1.82) is 0 Å². The molecule has 0 aliphatic rings. The van der Waals surface area contributed by atoms with Crippen molar-refractivity contribution in [1.82, 2.24) is 0 Å². The number of benzene rings is 2. The number of halogens is 1. The Morgan fingerprint density at radius 3 is 2.58 bits per heavy atom. The second kappa shape index (κ2) is 5.86. The van der Waals surface area contributed by atoms with E-state index < -0.39 is 7.12 Å². The van der Waals surface area contributed by atoms with Gasteiger partial charge in [0.1, 0.15) is 18.2 Å². The minimum Gasteiger partial charge on any atom is -0.489 e. The van der Waals surface area contributed by atoms with Gasteiger partial charge in [-0.3, -0.25) is 0 Å². The van der Waals surface area contributed by atoms with Crippen LogP contribution in [0.5, 0.6) is 5.75 Å². The number of hydrogen-bond donors (Lipinski definition) is 2. The lowest BCUT2D eigenvalue weighted by Crippen LogP contribution is -2.30. The average molecular weight is 260 g/mol. The molecule has 2 aromatic rings. The van der Waals surface area contributed by atoms with Crippen LogP contribution in [-0.2, 0) is 6.61 Å². The van der Waals surface area contributed by atoms with E-state index in [4.69, 9.17) is 14.8 Å². The quantitative estimate of drug-likeness (QED) is 0.817. The highest BCUT2D eigenvalue weighted by molar-refractivity contribution is 6.58. The molecule has 3 nitrogen and oxygen atoms in total. The van der Waals surface area contributed by atoms with E-state index in [1.54, 1.807) is 30.3 Å². The van der Waals surface area contributed by atoms with Crippen molar-refractivity contribution in [3.8, 4) is 5.75 Å². The first kappa shape index (κ1) is 13.6. The van der Waals surface area contributed by atoms with Gasteiger partial charge in [-0.25, -0.2) is 4.39 Å². The number of rotatable bonds is 4. The summed E-state index contributed by atoms with van der Waals surface area (Å²) in [5.74, 6) is 0.156. The summed E-state index contributed by atoms with van der Waals surface area (Å²) in [7, 11) is -1.55. The Labute approximate surface area is 111 Å². The van der Waals surface area contributed by atoms with E-state index in [0.29, 0.717) is 16.8 Å². The topological polar surface area (TPSA) is 49.7 Å². The van der Waals surface area contributed by atoms with Crippen LogP contribution in [0, 0.1) is 12.7 Å². The molecule has 0 aliphatic heterocycles. The molecule has 0 aliphatic carbocycles. The Morgan fingerprint density at radius 2 is 1.89 bits per heavy atom. The zero-order valence-electron chi connectivity index (χ0n) is 10.5. The van der Waals surface area contributed by atoms with E-state index in [1.165, 1.54) is 12.1 Å². The fourth-order valence-electron chi connectivity index (χ4n) is 1.79. The maximum atomic E-state index is 13.4. The lowest BCUT2D eigenvalue weighted by molar-refractivity contribution is 0.299. The van der Waals surface area contributed by atoms with Crippen molar-refractivity contribution in [2.75, 3.05) is 0 Å². The minimum absolute atomic E-state index is 0.0943. The molecule has 2 rings (SSSR count). The highest BCUT2D eigenvalue weighted by Gasteiger charge is 2.12. The Morgan fingerprint density at radius 1 is 1.16 bits per heavy atom. The van der Waals surface area contributed by atoms with Gasteiger partial charge < -0.3 is 14.8 Å². The lowest BCUT2D eigenvalue weighted by Gasteiger charge is -2.10. The third-order valence-corrected chi connectivity index (χ3v) is 2.72. The third kappa shape index (κ3) is 3.56. The van der Waals surface area contributed by atoms with Crippen molar-refractivity contribution < 1.29 is 19.2 Å². The molecule has 0 aromatic heterocycles. The monoisotopic (exact) mass is 260 g/mol. The summed E-state index contributed by atoms with van der Waals surface area (Å²) in [6.45, 7) is 1.92. The van der Waals surface area contributed by atoms with E-state index in [1.807, 2.05) is 6.92 Å². The molecular formula is C14H14BFO3. The zero-order chi connectivity index (χ0) is 13.8. The van der Waals surface area contributed by atoms with Gasteiger partial charge in [0, 0.05) is 5.56 Å². The minimum atomic E-state index is -1.55. The normalized spacial score (nSPS) is 10.3. The van der Waals surface area contributed by atoms with Gasteiger partial charge >= 0.3 is 7.12 Å². The van der Waals surface area contributed by atoms with E-state index in [0.717, 1.165) is 5.56 Å². The first-order chi connectivity index (χ1) is 9.06. The fraction of sp³-hybridized carbons (Fsp3) is 0.143. The summed E-state index contributed by atoms with van der Waals surface area (Å²) in [4.78, 5) is 0.